The quantitative estimate of drug-likeness (QED) is 0.451. The molecule has 4 heteroatoms. The van der Waals surface area contributed by atoms with Crippen molar-refractivity contribution in [2.75, 3.05) is 11.9 Å². The maximum atomic E-state index is 6.04. The maximum absolute atomic E-state index is 6.04. The van der Waals surface area contributed by atoms with Gasteiger partial charge in [0, 0.05) is 18.2 Å². The molecule has 2 aliphatic carbocycles. The SMILES string of the molecule is I.NC(=NCC1Cc2ccccc21)Nc1ccc2c(c1)CCC2. The molecule has 0 aliphatic heterocycles. The summed E-state index contributed by atoms with van der Waals surface area (Å²) in [5, 5.41) is 3.23. The van der Waals surface area contributed by atoms with Gasteiger partial charge in [0.25, 0.3) is 0 Å². The van der Waals surface area contributed by atoms with Gasteiger partial charge in [-0.3, -0.25) is 4.99 Å². The van der Waals surface area contributed by atoms with Crippen LogP contribution in [0.4, 0.5) is 5.69 Å². The van der Waals surface area contributed by atoms with E-state index in [1.807, 2.05) is 0 Å². The fourth-order valence-electron chi connectivity index (χ4n) is 3.57. The average Bonchev–Trinajstić information content (AvgIpc) is 2.96. The zero-order chi connectivity index (χ0) is 14.9. The summed E-state index contributed by atoms with van der Waals surface area (Å²) in [7, 11) is 0. The molecule has 2 aliphatic rings. The van der Waals surface area contributed by atoms with E-state index in [4.69, 9.17) is 5.73 Å². The minimum Gasteiger partial charge on any atom is -0.370 e. The van der Waals surface area contributed by atoms with E-state index in [1.165, 1.54) is 41.5 Å². The minimum atomic E-state index is 0. The lowest BCUT2D eigenvalue weighted by Gasteiger charge is -2.28. The molecule has 120 valence electrons. The van der Waals surface area contributed by atoms with Crippen LogP contribution in [0.2, 0.25) is 0 Å². The first-order valence-corrected chi connectivity index (χ1v) is 8.06. The van der Waals surface area contributed by atoms with Crippen LogP contribution in [-0.4, -0.2) is 12.5 Å². The van der Waals surface area contributed by atoms with E-state index in [0.717, 1.165) is 18.7 Å². The number of nitrogens with one attached hydrogen (secondary N) is 1. The maximum Gasteiger partial charge on any atom is 0.193 e. The molecular formula is C19H22IN3. The normalized spacial score (nSPS) is 18.4. The van der Waals surface area contributed by atoms with Crippen molar-refractivity contribution in [3.8, 4) is 0 Å². The zero-order valence-corrected chi connectivity index (χ0v) is 15.4. The van der Waals surface area contributed by atoms with Crippen LogP contribution >= 0.6 is 24.0 Å². The van der Waals surface area contributed by atoms with Gasteiger partial charge in [0.05, 0.1) is 0 Å². The summed E-state index contributed by atoms with van der Waals surface area (Å²) >= 11 is 0. The van der Waals surface area contributed by atoms with Gasteiger partial charge in [-0.1, -0.05) is 30.3 Å². The lowest BCUT2D eigenvalue weighted by Crippen LogP contribution is -2.26. The molecule has 0 aromatic heterocycles. The molecule has 3 N–H and O–H groups in total. The lowest BCUT2D eigenvalue weighted by atomic mass is 9.78. The average molecular weight is 419 g/mol. The number of hydrogen-bond donors (Lipinski definition) is 2. The van der Waals surface area contributed by atoms with Crippen molar-refractivity contribution in [2.45, 2.75) is 31.6 Å². The third-order valence-corrected chi connectivity index (χ3v) is 4.81. The Labute approximate surface area is 154 Å². The van der Waals surface area contributed by atoms with E-state index >= 15 is 0 Å². The van der Waals surface area contributed by atoms with Gasteiger partial charge in [-0.2, -0.15) is 0 Å². The largest absolute Gasteiger partial charge is 0.370 e. The summed E-state index contributed by atoms with van der Waals surface area (Å²) in [6.45, 7) is 0.765. The smallest absolute Gasteiger partial charge is 0.193 e. The number of aliphatic imine (C=N–C) groups is 1. The summed E-state index contributed by atoms with van der Waals surface area (Å²) < 4.78 is 0. The third-order valence-electron chi connectivity index (χ3n) is 4.81. The molecule has 2 aromatic carbocycles. The first-order chi connectivity index (χ1) is 10.8. The number of fused-ring (bicyclic) bond motifs is 2. The van der Waals surface area contributed by atoms with E-state index < -0.39 is 0 Å². The number of rotatable bonds is 3. The number of halogens is 1. The number of guanidine groups is 1. The van der Waals surface area contributed by atoms with Crippen LogP contribution in [-0.2, 0) is 19.3 Å². The van der Waals surface area contributed by atoms with Gasteiger partial charge < -0.3 is 11.1 Å². The predicted molar refractivity (Wildman–Crippen MR) is 107 cm³/mol. The van der Waals surface area contributed by atoms with E-state index in [9.17, 15) is 0 Å². The second kappa shape index (κ2) is 6.91. The fraction of sp³-hybridized carbons (Fsp3) is 0.316. The number of nitrogens with zero attached hydrogens (tertiary/aromatic N) is 1. The Bertz CT molecular complexity index is 739. The van der Waals surface area contributed by atoms with Crippen LogP contribution in [0.1, 0.15) is 34.6 Å². The predicted octanol–water partition coefficient (Wildman–Crippen LogP) is 3.86. The Morgan fingerprint density at radius 3 is 2.78 bits per heavy atom. The summed E-state index contributed by atoms with van der Waals surface area (Å²) in [6, 6.07) is 15.1. The Hall–Kier alpha value is -1.56. The highest BCUT2D eigenvalue weighted by molar-refractivity contribution is 14.0. The van der Waals surface area contributed by atoms with Gasteiger partial charge in [-0.15, -0.1) is 24.0 Å². The molecule has 0 radical (unpaired) electrons. The van der Waals surface area contributed by atoms with Crippen molar-refractivity contribution in [3.05, 3.63) is 64.7 Å². The minimum absolute atomic E-state index is 0. The van der Waals surface area contributed by atoms with Crippen LogP contribution in [0.5, 0.6) is 0 Å². The van der Waals surface area contributed by atoms with E-state index in [-0.39, 0.29) is 24.0 Å². The van der Waals surface area contributed by atoms with Crippen molar-refractivity contribution < 1.29 is 0 Å². The number of hydrogen-bond acceptors (Lipinski definition) is 1. The molecule has 0 amide bonds. The van der Waals surface area contributed by atoms with Crippen molar-refractivity contribution in [2.24, 2.45) is 10.7 Å². The van der Waals surface area contributed by atoms with E-state index in [2.05, 4.69) is 52.8 Å². The number of aryl methyl sites for hydroxylation is 2. The van der Waals surface area contributed by atoms with Gasteiger partial charge in [0.15, 0.2) is 5.96 Å². The molecule has 0 saturated heterocycles. The molecular weight excluding hydrogens is 397 g/mol. The fourth-order valence-corrected chi connectivity index (χ4v) is 3.57. The molecule has 0 bridgehead atoms. The molecule has 0 spiro atoms. The van der Waals surface area contributed by atoms with Gasteiger partial charge in [-0.05, 0) is 60.1 Å². The zero-order valence-electron chi connectivity index (χ0n) is 13.1. The van der Waals surface area contributed by atoms with Gasteiger partial charge in [0.2, 0.25) is 0 Å². The highest BCUT2D eigenvalue weighted by Crippen LogP contribution is 2.34. The Morgan fingerprint density at radius 1 is 1.09 bits per heavy atom. The second-order valence-electron chi connectivity index (χ2n) is 6.29. The van der Waals surface area contributed by atoms with Crippen LogP contribution in [0.25, 0.3) is 0 Å². The molecule has 1 unspecified atom stereocenters. The number of nitrogens with two attached hydrogens (primary N) is 1. The van der Waals surface area contributed by atoms with Gasteiger partial charge >= 0.3 is 0 Å². The third kappa shape index (κ3) is 3.37. The topological polar surface area (TPSA) is 50.4 Å². The number of anilines is 1. The van der Waals surface area contributed by atoms with Gasteiger partial charge in [-0.25, -0.2) is 0 Å². The molecule has 0 saturated carbocycles. The summed E-state index contributed by atoms with van der Waals surface area (Å²) in [4.78, 5) is 4.52. The molecule has 4 rings (SSSR count). The summed E-state index contributed by atoms with van der Waals surface area (Å²) in [5.74, 6) is 1.04. The van der Waals surface area contributed by atoms with Crippen LogP contribution < -0.4 is 11.1 Å². The molecule has 0 heterocycles. The van der Waals surface area contributed by atoms with E-state index in [0.29, 0.717) is 11.9 Å². The van der Waals surface area contributed by atoms with Crippen LogP contribution in [0.15, 0.2) is 47.5 Å². The first-order valence-electron chi connectivity index (χ1n) is 8.06. The standard InChI is InChI=1S/C19H21N3.HI/c20-19(21-12-16-10-15-4-1-2-7-18(15)16)22-17-9-8-13-5-3-6-14(13)11-17;/h1-2,4,7-9,11,16H,3,5-6,10,12H2,(H3,20,21,22);1H. The lowest BCUT2D eigenvalue weighted by molar-refractivity contribution is 0.619. The van der Waals surface area contributed by atoms with Crippen LogP contribution in [0, 0.1) is 0 Å². The Balaban J connectivity index is 0.00000156. The highest BCUT2D eigenvalue weighted by atomic mass is 127. The summed E-state index contributed by atoms with van der Waals surface area (Å²) in [6.07, 6.45) is 4.77. The molecule has 3 nitrogen and oxygen atoms in total. The molecule has 2 aromatic rings. The van der Waals surface area contributed by atoms with Crippen molar-refractivity contribution in [1.29, 1.82) is 0 Å². The van der Waals surface area contributed by atoms with Crippen molar-refractivity contribution >= 4 is 35.6 Å². The summed E-state index contributed by atoms with van der Waals surface area (Å²) in [5.41, 5.74) is 12.9. The monoisotopic (exact) mass is 419 g/mol. The van der Waals surface area contributed by atoms with E-state index in [1.54, 1.807) is 0 Å². The Morgan fingerprint density at radius 2 is 1.91 bits per heavy atom. The first kappa shape index (κ1) is 16.3. The molecule has 0 fully saturated rings. The van der Waals surface area contributed by atoms with Crippen molar-refractivity contribution in [3.63, 3.8) is 0 Å². The van der Waals surface area contributed by atoms with Crippen molar-refractivity contribution in [1.82, 2.24) is 0 Å². The number of benzene rings is 2. The molecule has 23 heavy (non-hydrogen) atoms. The second-order valence-corrected chi connectivity index (χ2v) is 6.29. The van der Waals surface area contributed by atoms with Crippen LogP contribution in [0.3, 0.4) is 0 Å². The van der Waals surface area contributed by atoms with Gasteiger partial charge in [0.1, 0.15) is 0 Å². The Kier molecular flexibility index (Phi) is 4.90. The highest BCUT2D eigenvalue weighted by Gasteiger charge is 2.24. The molecule has 1 atom stereocenters.